The van der Waals surface area contributed by atoms with Gasteiger partial charge in [0.15, 0.2) is 0 Å². The summed E-state index contributed by atoms with van der Waals surface area (Å²) in [5.41, 5.74) is 1.31. The van der Waals surface area contributed by atoms with Crippen molar-refractivity contribution in [2.75, 3.05) is 0 Å². The van der Waals surface area contributed by atoms with Crippen LogP contribution in [0.5, 0.6) is 5.75 Å². The van der Waals surface area contributed by atoms with E-state index < -0.39 is 0 Å². The fourth-order valence-electron chi connectivity index (χ4n) is 1.50. The number of benzene rings is 2. The first-order chi connectivity index (χ1) is 8.69. The predicted octanol–water partition coefficient (Wildman–Crippen LogP) is 4.44. The van der Waals surface area contributed by atoms with Gasteiger partial charge in [0.05, 0.1) is 11.6 Å². The fraction of sp³-hybridized carbons (Fsp3) is 0.0714. The van der Waals surface area contributed by atoms with E-state index in [1.807, 2.05) is 12.1 Å². The summed E-state index contributed by atoms with van der Waals surface area (Å²) >= 11 is 11.7. The van der Waals surface area contributed by atoms with Crippen LogP contribution in [0.4, 0.5) is 0 Å². The van der Waals surface area contributed by atoms with Crippen LogP contribution in [0.25, 0.3) is 0 Å². The van der Waals surface area contributed by atoms with Crippen LogP contribution in [0.3, 0.4) is 0 Å². The highest BCUT2D eigenvalue weighted by Gasteiger charge is 2.04. The molecule has 0 heterocycles. The number of nitriles is 1. The van der Waals surface area contributed by atoms with Crippen molar-refractivity contribution in [3.63, 3.8) is 0 Å². The Labute approximate surface area is 115 Å². The topological polar surface area (TPSA) is 33.0 Å². The molecule has 0 fully saturated rings. The van der Waals surface area contributed by atoms with E-state index in [1.165, 1.54) is 0 Å². The molecular formula is C14H9Cl2NO. The van der Waals surface area contributed by atoms with Crippen molar-refractivity contribution in [2.45, 2.75) is 6.61 Å². The number of hydrogen-bond acceptors (Lipinski definition) is 2. The van der Waals surface area contributed by atoms with E-state index in [0.29, 0.717) is 28.0 Å². The lowest BCUT2D eigenvalue weighted by Gasteiger charge is -2.08. The second-order valence-corrected chi connectivity index (χ2v) is 4.53. The van der Waals surface area contributed by atoms with Gasteiger partial charge < -0.3 is 4.74 Å². The normalized spacial score (nSPS) is 9.83. The second-order valence-electron chi connectivity index (χ2n) is 3.66. The number of halogens is 2. The second kappa shape index (κ2) is 5.77. The molecule has 0 saturated carbocycles. The van der Waals surface area contributed by atoms with Gasteiger partial charge in [-0.3, -0.25) is 0 Å². The van der Waals surface area contributed by atoms with Gasteiger partial charge in [-0.05, 0) is 30.3 Å². The molecular weight excluding hydrogens is 269 g/mol. The van der Waals surface area contributed by atoms with Crippen LogP contribution in [0.1, 0.15) is 11.1 Å². The molecule has 0 saturated heterocycles. The molecule has 2 aromatic rings. The summed E-state index contributed by atoms with van der Waals surface area (Å²) in [6.07, 6.45) is 0. The zero-order valence-corrected chi connectivity index (χ0v) is 10.9. The van der Waals surface area contributed by atoms with Gasteiger partial charge in [0.2, 0.25) is 0 Å². The SMILES string of the molecule is N#Cc1cc(Cl)ccc1COc1cccc(Cl)c1. The van der Waals surface area contributed by atoms with Crippen LogP contribution in [-0.4, -0.2) is 0 Å². The summed E-state index contributed by atoms with van der Waals surface area (Å²) in [5.74, 6) is 0.668. The third kappa shape index (κ3) is 3.16. The molecule has 18 heavy (non-hydrogen) atoms. The quantitative estimate of drug-likeness (QED) is 0.831. The lowest BCUT2D eigenvalue weighted by Crippen LogP contribution is -1.98. The van der Waals surface area contributed by atoms with E-state index in [9.17, 15) is 0 Å². The Morgan fingerprint density at radius 2 is 1.83 bits per heavy atom. The van der Waals surface area contributed by atoms with Crippen LogP contribution >= 0.6 is 23.2 Å². The zero-order valence-electron chi connectivity index (χ0n) is 9.36. The number of nitrogens with zero attached hydrogens (tertiary/aromatic N) is 1. The standard InChI is InChI=1S/C14H9Cl2NO/c15-12-2-1-3-14(7-12)18-9-10-4-5-13(16)6-11(10)8-17/h1-7H,9H2. The van der Waals surface area contributed by atoms with E-state index in [1.54, 1.807) is 30.3 Å². The Bertz CT molecular complexity index is 605. The van der Waals surface area contributed by atoms with Crippen LogP contribution in [-0.2, 0) is 6.61 Å². The van der Waals surface area contributed by atoms with Gasteiger partial charge in [-0.2, -0.15) is 5.26 Å². The third-order valence-corrected chi connectivity index (χ3v) is 2.85. The molecule has 0 aliphatic heterocycles. The van der Waals surface area contributed by atoms with Crippen molar-refractivity contribution in [1.82, 2.24) is 0 Å². The van der Waals surface area contributed by atoms with Crippen molar-refractivity contribution in [3.05, 3.63) is 63.6 Å². The van der Waals surface area contributed by atoms with Gasteiger partial charge >= 0.3 is 0 Å². The smallest absolute Gasteiger partial charge is 0.121 e. The van der Waals surface area contributed by atoms with Gasteiger partial charge in [-0.15, -0.1) is 0 Å². The highest BCUT2D eigenvalue weighted by atomic mass is 35.5. The molecule has 0 aliphatic carbocycles. The van der Waals surface area contributed by atoms with Crippen LogP contribution in [0, 0.1) is 11.3 Å². The van der Waals surface area contributed by atoms with Crippen molar-refractivity contribution in [2.24, 2.45) is 0 Å². The average molecular weight is 278 g/mol. The van der Waals surface area contributed by atoms with E-state index in [4.69, 9.17) is 33.2 Å². The van der Waals surface area contributed by atoms with Crippen LogP contribution in [0.15, 0.2) is 42.5 Å². The van der Waals surface area contributed by atoms with Gasteiger partial charge in [-0.1, -0.05) is 35.3 Å². The van der Waals surface area contributed by atoms with Gasteiger partial charge in [0, 0.05) is 15.6 Å². The summed E-state index contributed by atoms with van der Waals surface area (Å²) in [6, 6.07) is 14.4. The maximum absolute atomic E-state index is 9.00. The summed E-state index contributed by atoms with van der Waals surface area (Å²) in [6.45, 7) is 0.306. The first-order valence-electron chi connectivity index (χ1n) is 5.26. The molecule has 0 radical (unpaired) electrons. The molecule has 0 bridgehead atoms. The van der Waals surface area contributed by atoms with E-state index in [2.05, 4.69) is 6.07 Å². The molecule has 0 unspecified atom stereocenters. The first kappa shape index (κ1) is 12.8. The Morgan fingerprint density at radius 3 is 2.56 bits per heavy atom. The Balaban J connectivity index is 2.14. The summed E-state index contributed by atoms with van der Waals surface area (Å²) in [5, 5.41) is 10.2. The molecule has 0 N–H and O–H groups in total. The maximum Gasteiger partial charge on any atom is 0.121 e. The number of ether oxygens (including phenoxy) is 1. The summed E-state index contributed by atoms with van der Waals surface area (Å²) in [4.78, 5) is 0. The molecule has 0 spiro atoms. The minimum absolute atomic E-state index is 0.306. The lowest BCUT2D eigenvalue weighted by molar-refractivity contribution is 0.306. The monoisotopic (exact) mass is 277 g/mol. The first-order valence-corrected chi connectivity index (χ1v) is 6.01. The van der Waals surface area contributed by atoms with Crippen LogP contribution in [0.2, 0.25) is 10.0 Å². The van der Waals surface area contributed by atoms with E-state index in [0.717, 1.165) is 5.56 Å². The average Bonchev–Trinajstić information content (AvgIpc) is 2.37. The Kier molecular flexibility index (Phi) is 4.09. The minimum atomic E-state index is 0.306. The number of rotatable bonds is 3. The van der Waals surface area contributed by atoms with Crippen molar-refractivity contribution in [1.29, 1.82) is 5.26 Å². The van der Waals surface area contributed by atoms with E-state index >= 15 is 0 Å². The van der Waals surface area contributed by atoms with Gasteiger partial charge in [0.25, 0.3) is 0 Å². The molecule has 2 rings (SSSR count). The maximum atomic E-state index is 9.00. The van der Waals surface area contributed by atoms with Crippen molar-refractivity contribution >= 4 is 23.2 Å². The lowest BCUT2D eigenvalue weighted by atomic mass is 10.1. The Hall–Kier alpha value is -1.69. The molecule has 0 aromatic heterocycles. The third-order valence-electron chi connectivity index (χ3n) is 2.38. The molecule has 2 nitrogen and oxygen atoms in total. The van der Waals surface area contributed by atoms with Crippen LogP contribution < -0.4 is 4.74 Å². The van der Waals surface area contributed by atoms with Crippen molar-refractivity contribution in [3.8, 4) is 11.8 Å². The molecule has 2 aromatic carbocycles. The van der Waals surface area contributed by atoms with Crippen molar-refractivity contribution < 1.29 is 4.74 Å². The highest BCUT2D eigenvalue weighted by Crippen LogP contribution is 2.20. The number of hydrogen-bond donors (Lipinski definition) is 0. The molecule has 0 aliphatic rings. The van der Waals surface area contributed by atoms with Gasteiger partial charge in [-0.25, -0.2) is 0 Å². The summed E-state index contributed by atoms with van der Waals surface area (Å²) < 4.78 is 5.58. The zero-order chi connectivity index (χ0) is 13.0. The largest absolute Gasteiger partial charge is 0.489 e. The summed E-state index contributed by atoms with van der Waals surface area (Å²) in [7, 11) is 0. The molecule has 0 amide bonds. The molecule has 4 heteroatoms. The molecule has 90 valence electrons. The fourth-order valence-corrected chi connectivity index (χ4v) is 1.85. The highest BCUT2D eigenvalue weighted by molar-refractivity contribution is 6.31. The Morgan fingerprint density at radius 1 is 1.06 bits per heavy atom. The van der Waals surface area contributed by atoms with E-state index in [-0.39, 0.29) is 0 Å². The minimum Gasteiger partial charge on any atom is -0.489 e. The predicted molar refractivity (Wildman–Crippen MR) is 72.0 cm³/mol. The van der Waals surface area contributed by atoms with Gasteiger partial charge in [0.1, 0.15) is 12.4 Å². The molecule has 0 atom stereocenters.